The summed E-state index contributed by atoms with van der Waals surface area (Å²) in [6.45, 7) is 6.11. The van der Waals surface area contributed by atoms with Crippen molar-refractivity contribution in [1.82, 2.24) is 0 Å². The molecule has 0 N–H and O–H groups in total. The standard InChI is InChI=1S/C13H17BrClNO/c1-9-7-16(8-10(2)17-9)12-4-3-11(6-15)13(14)5-12/h3-5,9-10H,6-8H2,1-2H3/t9-,10+. The van der Waals surface area contributed by atoms with Gasteiger partial charge in [-0.2, -0.15) is 0 Å². The number of nitrogens with zero attached hydrogens (tertiary/aromatic N) is 1. The van der Waals surface area contributed by atoms with Crippen LogP contribution in [-0.2, 0) is 10.6 Å². The molecule has 1 aromatic rings. The molecule has 17 heavy (non-hydrogen) atoms. The van der Waals surface area contributed by atoms with Crippen molar-refractivity contribution in [3.05, 3.63) is 28.2 Å². The molecule has 0 radical (unpaired) electrons. The second-order valence-corrected chi connectivity index (χ2v) is 5.69. The third kappa shape index (κ3) is 3.15. The van der Waals surface area contributed by atoms with E-state index in [1.165, 1.54) is 5.69 Å². The summed E-state index contributed by atoms with van der Waals surface area (Å²) in [5.74, 6) is 0.538. The topological polar surface area (TPSA) is 12.5 Å². The highest BCUT2D eigenvalue weighted by atomic mass is 79.9. The average Bonchev–Trinajstić information content (AvgIpc) is 2.27. The Bertz CT molecular complexity index is 389. The van der Waals surface area contributed by atoms with Gasteiger partial charge in [0.15, 0.2) is 0 Å². The lowest BCUT2D eigenvalue weighted by atomic mass is 10.1. The fourth-order valence-electron chi connectivity index (χ4n) is 2.23. The van der Waals surface area contributed by atoms with Gasteiger partial charge in [0, 0.05) is 29.1 Å². The molecular formula is C13H17BrClNO. The molecule has 1 fully saturated rings. The molecule has 1 heterocycles. The summed E-state index contributed by atoms with van der Waals surface area (Å²) in [6, 6.07) is 6.35. The zero-order valence-corrected chi connectivity index (χ0v) is 12.5. The van der Waals surface area contributed by atoms with Crippen molar-refractivity contribution >= 4 is 33.2 Å². The van der Waals surface area contributed by atoms with Gasteiger partial charge in [0.25, 0.3) is 0 Å². The van der Waals surface area contributed by atoms with Crippen LogP contribution < -0.4 is 4.90 Å². The Morgan fingerprint density at radius 1 is 1.35 bits per heavy atom. The van der Waals surface area contributed by atoms with Gasteiger partial charge in [0.05, 0.1) is 12.2 Å². The van der Waals surface area contributed by atoms with E-state index in [9.17, 15) is 0 Å². The van der Waals surface area contributed by atoms with E-state index in [-0.39, 0.29) is 12.2 Å². The number of alkyl halides is 1. The van der Waals surface area contributed by atoms with Crippen molar-refractivity contribution < 1.29 is 4.74 Å². The van der Waals surface area contributed by atoms with Crippen LogP contribution in [0.5, 0.6) is 0 Å². The number of anilines is 1. The molecule has 2 rings (SSSR count). The quantitative estimate of drug-likeness (QED) is 0.769. The smallest absolute Gasteiger partial charge is 0.0726 e. The predicted molar refractivity (Wildman–Crippen MR) is 75.9 cm³/mol. The summed E-state index contributed by atoms with van der Waals surface area (Å²) in [7, 11) is 0. The van der Waals surface area contributed by atoms with Gasteiger partial charge in [-0.15, -0.1) is 11.6 Å². The maximum absolute atomic E-state index is 5.85. The van der Waals surface area contributed by atoms with Crippen molar-refractivity contribution in [3.8, 4) is 0 Å². The van der Waals surface area contributed by atoms with Crippen molar-refractivity contribution in [1.29, 1.82) is 0 Å². The van der Waals surface area contributed by atoms with E-state index in [1.54, 1.807) is 0 Å². The molecule has 0 amide bonds. The van der Waals surface area contributed by atoms with E-state index < -0.39 is 0 Å². The van der Waals surface area contributed by atoms with Crippen LogP contribution in [0.4, 0.5) is 5.69 Å². The lowest BCUT2D eigenvalue weighted by Gasteiger charge is -2.37. The van der Waals surface area contributed by atoms with Crippen LogP contribution in [0.2, 0.25) is 0 Å². The number of halogens is 2. The van der Waals surface area contributed by atoms with E-state index in [4.69, 9.17) is 16.3 Å². The van der Waals surface area contributed by atoms with Gasteiger partial charge in [0.1, 0.15) is 0 Å². The van der Waals surface area contributed by atoms with Crippen LogP contribution in [0.15, 0.2) is 22.7 Å². The van der Waals surface area contributed by atoms with Crippen LogP contribution >= 0.6 is 27.5 Å². The Hall–Kier alpha value is -0.250. The predicted octanol–water partition coefficient (Wildman–Crippen LogP) is 3.80. The van der Waals surface area contributed by atoms with Gasteiger partial charge in [0.2, 0.25) is 0 Å². The Labute approximate surface area is 116 Å². The van der Waals surface area contributed by atoms with Gasteiger partial charge >= 0.3 is 0 Å². The van der Waals surface area contributed by atoms with E-state index >= 15 is 0 Å². The molecule has 94 valence electrons. The van der Waals surface area contributed by atoms with Crippen molar-refractivity contribution in [2.45, 2.75) is 31.9 Å². The minimum absolute atomic E-state index is 0.283. The fraction of sp³-hybridized carbons (Fsp3) is 0.538. The molecule has 4 heteroatoms. The van der Waals surface area contributed by atoms with Crippen LogP contribution in [0.25, 0.3) is 0 Å². The van der Waals surface area contributed by atoms with Gasteiger partial charge in [-0.3, -0.25) is 0 Å². The number of morpholine rings is 1. The Kier molecular flexibility index (Phi) is 4.34. The first kappa shape index (κ1) is 13.2. The molecule has 0 bridgehead atoms. The fourth-order valence-corrected chi connectivity index (χ4v) is 3.13. The van der Waals surface area contributed by atoms with Crippen LogP contribution in [0, 0.1) is 0 Å². The molecule has 0 aliphatic carbocycles. The highest BCUT2D eigenvalue weighted by molar-refractivity contribution is 9.10. The first-order valence-electron chi connectivity index (χ1n) is 5.85. The first-order chi connectivity index (χ1) is 8.10. The highest BCUT2D eigenvalue weighted by Gasteiger charge is 2.22. The van der Waals surface area contributed by atoms with Gasteiger partial charge in [-0.25, -0.2) is 0 Å². The van der Waals surface area contributed by atoms with E-state index in [2.05, 4.69) is 52.9 Å². The molecular weight excluding hydrogens is 302 g/mol. The van der Waals surface area contributed by atoms with Gasteiger partial charge in [-0.05, 0) is 31.5 Å². The average molecular weight is 319 g/mol. The van der Waals surface area contributed by atoms with E-state index in [0.29, 0.717) is 5.88 Å². The summed E-state index contributed by atoms with van der Waals surface area (Å²) in [4.78, 5) is 2.36. The first-order valence-corrected chi connectivity index (χ1v) is 7.17. The van der Waals surface area contributed by atoms with Gasteiger partial charge < -0.3 is 9.64 Å². The summed E-state index contributed by atoms with van der Waals surface area (Å²) in [5, 5.41) is 0. The Morgan fingerprint density at radius 3 is 2.53 bits per heavy atom. The minimum Gasteiger partial charge on any atom is -0.372 e. The van der Waals surface area contributed by atoms with Crippen LogP contribution in [-0.4, -0.2) is 25.3 Å². The summed E-state index contributed by atoms with van der Waals surface area (Å²) in [5.41, 5.74) is 2.36. The highest BCUT2D eigenvalue weighted by Crippen LogP contribution is 2.27. The molecule has 2 atom stereocenters. The van der Waals surface area contributed by atoms with Crippen molar-refractivity contribution in [2.75, 3.05) is 18.0 Å². The van der Waals surface area contributed by atoms with Crippen LogP contribution in [0.1, 0.15) is 19.4 Å². The Balaban J connectivity index is 2.19. The monoisotopic (exact) mass is 317 g/mol. The zero-order chi connectivity index (χ0) is 12.4. The SMILES string of the molecule is C[C@@H]1CN(c2ccc(CCl)c(Br)c2)C[C@H](C)O1. The third-order valence-corrected chi connectivity index (χ3v) is 3.99. The molecule has 1 saturated heterocycles. The molecule has 0 unspecified atom stereocenters. The number of benzene rings is 1. The van der Waals surface area contributed by atoms with E-state index in [0.717, 1.165) is 23.1 Å². The normalized spacial score (nSPS) is 25.1. The van der Waals surface area contributed by atoms with Crippen LogP contribution in [0.3, 0.4) is 0 Å². The number of hydrogen-bond donors (Lipinski definition) is 0. The largest absolute Gasteiger partial charge is 0.372 e. The maximum Gasteiger partial charge on any atom is 0.0726 e. The summed E-state index contributed by atoms with van der Waals surface area (Å²) in [6.07, 6.45) is 0.565. The van der Waals surface area contributed by atoms with E-state index in [1.807, 2.05) is 0 Å². The van der Waals surface area contributed by atoms with Gasteiger partial charge in [-0.1, -0.05) is 22.0 Å². The molecule has 0 saturated carbocycles. The van der Waals surface area contributed by atoms with Crippen molar-refractivity contribution in [3.63, 3.8) is 0 Å². The molecule has 1 aliphatic heterocycles. The number of ether oxygens (including phenoxy) is 1. The second kappa shape index (κ2) is 5.59. The molecule has 1 aliphatic rings. The lowest BCUT2D eigenvalue weighted by Crippen LogP contribution is -2.45. The summed E-state index contributed by atoms with van der Waals surface area (Å²) < 4.78 is 6.82. The Morgan fingerprint density at radius 2 is 2.00 bits per heavy atom. The second-order valence-electron chi connectivity index (χ2n) is 4.57. The molecule has 1 aromatic carbocycles. The molecule has 2 nitrogen and oxygen atoms in total. The maximum atomic E-state index is 5.85. The number of hydrogen-bond acceptors (Lipinski definition) is 2. The molecule has 0 aromatic heterocycles. The summed E-state index contributed by atoms with van der Waals surface area (Å²) >= 11 is 9.41. The van der Waals surface area contributed by atoms with Crippen molar-refractivity contribution in [2.24, 2.45) is 0 Å². The zero-order valence-electron chi connectivity index (χ0n) is 10.1. The third-order valence-electron chi connectivity index (χ3n) is 2.97. The minimum atomic E-state index is 0.283. The molecule has 0 spiro atoms. The number of rotatable bonds is 2. The lowest BCUT2D eigenvalue weighted by molar-refractivity contribution is -0.00521.